The van der Waals surface area contributed by atoms with Gasteiger partial charge >= 0.3 is 5.97 Å². The van der Waals surface area contributed by atoms with E-state index in [4.69, 9.17) is 26.2 Å². The maximum atomic E-state index is 11.0. The number of fused-ring (bicyclic) bond motifs is 1. The monoisotopic (exact) mass is 396 g/mol. The highest BCUT2D eigenvalue weighted by atomic mass is 35.5. The van der Waals surface area contributed by atoms with E-state index in [2.05, 4.69) is 0 Å². The summed E-state index contributed by atoms with van der Waals surface area (Å²) in [5, 5.41) is 11.7. The number of carboxylic acids is 1. The molecule has 0 unspecified atom stereocenters. The summed E-state index contributed by atoms with van der Waals surface area (Å²) in [6.45, 7) is 4.56. The Hall–Kier alpha value is -2.98. The van der Waals surface area contributed by atoms with Crippen LogP contribution < -0.4 is 9.47 Å². The number of carboxylic acid groups (broad SMARTS) is 1. The highest BCUT2D eigenvalue weighted by molar-refractivity contribution is 6.32. The van der Waals surface area contributed by atoms with Gasteiger partial charge in [0.1, 0.15) is 24.7 Å². The van der Waals surface area contributed by atoms with Gasteiger partial charge in [0.05, 0.1) is 0 Å². The largest absolute Gasteiger partial charge is 0.490 e. The molecule has 3 aromatic rings. The maximum Gasteiger partial charge on any atom is 0.328 e. The average molecular weight is 397 g/mol. The number of ether oxygens (including phenoxy) is 2. The van der Waals surface area contributed by atoms with Crippen LogP contribution in [0.15, 0.2) is 54.6 Å². The summed E-state index contributed by atoms with van der Waals surface area (Å²) in [5.74, 6) is 0.353. The number of hydrogen-bond acceptors (Lipinski definition) is 3. The number of carbonyl (C=O) groups is 1. The van der Waals surface area contributed by atoms with Gasteiger partial charge < -0.3 is 14.6 Å². The van der Waals surface area contributed by atoms with Crippen molar-refractivity contribution < 1.29 is 19.4 Å². The van der Waals surface area contributed by atoms with E-state index < -0.39 is 5.97 Å². The van der Waals surface area contributed by atoms with E-state index >= 15 is 0 Å². The van der Waals surface area contributed by atoms with E-state index in [9.17, 15) is 4.79 Å². The summed E-state index contributed by atoms with van der Waals surface area (Å²) in [5.41, 5.74) is 2.67. The molecule has 0 aliphatic rings. The van der Waals surface area contributed by atoms with Crippen LogP contribution in [0.4, 0.5) is 0 Å². The molecule has 0 atom stereocenters. The molecule has 3 aromatic carbocycles. The summed E-state index contributed by atoms with van der Waals surface area (Å²) in [4.78, 5) is 11.0. The minimum Gasteiger partial charge on any atom is -0.490 e. The van der Waals surface area contributed by atoms with Gasteiger partial charge in [-0.15, -0.1) is 0 Å². The normalized spacial score (nSPS) is 11.1. The Morgan fingerprint density at radius 3 is 2.43 bits per heavy atom. The molecule has 28 heavy (non-hydrogen) atoms. The quantitative estimate of drug-likeness (QED) is 0.413. The van der Waals surface area contributed by atoms with Crippen LogP contribution in [0.5, 0.6) is 11.5 Å². The number of benzene rings is 3. The first-order chi connectivity index (χ1) is 13.5. The lowest BCUT2D eigenvalue weighted by Crippen LogP contribution is -2.10. The van der Waals surface area contributed by atoms with Crippen LogP contribution in [-0.2, 0) is 4.79 Å². The molecular weight excluding hydrogens is 376 g/mol. The number of aryl methyl sites for hydroxylation is 2. The van der Waals surface area contributed by atoms with Crippen LogP contribution >= 0.6 is 11.6 Å². The SMILES string of the molecule is Cc1cc(OCCOc2ccc3ccccc3c2C=CC(=O)O)cc(C)c1Cl. The Morgan fingerprint density at radius 1 is 1.04 bits per heavy atom. The minimum absolute atomic E-state index is 0.326. The fraction of sp³-hybridized carbons (Fsp3) is 0.174. The lowest BCUT2D eigenvalue weighted by Gasteiger charge is -2.13. The fourth-order valence-corrected chi connectivity index (χ4v) is 3.14. The summed E-state index contributed by atoms with van der Waals surface area (Å²) in [6.07, 6.45) is 2.68. The minimum atomic E-state index is -1.00. The molecular formula is C23H21ClO4. The van der Waals surface area contributed by atoms with Gasteiger partial charge in [-0.05, 0) is 60.0 Å². The first-order valence-electron chi connectivity index (χ1n) is 8.91. The standard InChI is InChI=1S/C23H21ClO4/c1-15-13-18(14-16(2)23(15)24)27-11-12-28-21-9-7-17-5-3-4-6-19(17)20(21)8-10-22(25)26/h3-10,13-14H,11-12H2,1-2H3,(H,25,26). The molecule has 0 heterocycles. The van der Waals surface area contributed by atoms with E-state index in [1.807, 2.05) is 62.4 Å². The van der Waals surface area contributed by atoms with Gasteiger partial charge in [0.15, 0.2) is 0 Å². The zero-order valence-electron chi connectivity index (χ0n) is 15.7. The number of halogens is 1. The zero-order chi connectivity index (χ0) is 20.1. The maximum absolute atomic E-state index is 11.0. The first kappa shape index (κ1) is 19.8. The molecule has 0 saturated carbocycles. The first-order valence-corrected chi connectivity index (χ1v) is 9.28. The second kappa shape index (κ2) is 8.81. The number of aliphatic carboxylic acids is 1. The molecule has 3 rings (SSSR count). The highest BCUT2D eigenvalue weighted by Gasteiger charge is 2.08. The van der Waals surface area contributed by atoms with Gasteiger partial charge in [0, 0.05) is 16.7 Å². The molecule has 0 amide bonds. The van der Waals surface area contributed by atoms with Crippen molar-refractivity contribution in [2.24, 2.45) is 0 Å². The molecule has 0 aliphatic carbocycles. The van der Waals surface area contributed by atoms with Gasteiger partial charge in [-0.25, -0.2) is 4.79 Å². The van der Waals surface area contributed by atoms with Crippen LogP contribution in [-0.4, -0.2) is 24.3 Å². The fourth-order valence-electron chi connectivity index (χ4n) is 3.03. The molecule has 0 spiro atoms. The zero-order valence-corrected chi connectivity index (χ0v) is 16.5. The lowest BCUT2D eigenvalue weighted by atomic mass is 10.0. The Balaban J connectivity index is 1.73. The van der Waals surface area contributed by atoms with E-state index in [0.717, 1.165) is 44.3 Å². The van der Waals surface area contributed by atoms with Gasteiger partial charge in [0.25, 0.3) is 0 Å². The Labute approximate surface area is 169 Å². The Morgan fingerprint density at radius 2 is 1.71 bits per heavy atom. The third-order valence-electron chi connectivity index (χ3n) is 4.34. The Kier molecular flexibility index (Phi) is 6.22. The van der Waals surface area contributed by atoms with Crippen molar-refractivity contribution >= 4 is 34.4 Å². The van der Waals surface area contributed by atoms with Crippen LogP contribution in [0.2, 0.25) is 5.02 Å². The molecule has 0 radical (unpaired) electrons. The predicted molar refractivity (Wildman–Crippen MR) is 113 cm³/mol. The van der Waals surface area contributed by atoms with Crippen LogP contribution in [0.3, 0.4) is 0 Å². The topological polar surface area (TPSA) is 55.8 Å². The average Bonchev–Trinajstić information content (AvgIpc) is 2.67. The van der Waals surface area contributed by atoms with Gasteiger partial charge in [0.2, 0.25) is 0 Å². The van der Waals surface area contributed by atoms with Crippen molar-refractivity contribution in [2.75, 3.05) is 13.2 Å². The van der Waals surface area contributed by atoms with Crippen molar-refractivity contribution in [2.45, 2.75) is 13.8 Å². The molecule has 5 heteroatoms. The van der Waals surface area contributed by atoms with Crippen molar-refractivity contribution in [3.63, 3.8) is 0 Å². The predicted octanol–water partition coefficient (Wildman–Crippen LogP) is 5.67. The number of hydrogen-bond donors (Lipinski definition) is 1. The van der Waals surface area contributed by atoms with Crippen LogP contribution in [0, 0.1) is 13.8 Å². The van der Waals surface area contributed by atoms with Crippen molar-refractivity contribution in [3.05, 3.63) is 76.3 Å². The molecule has 1 N–H and O–H groups in total. The van der Waals surface area contributed by atoms with Gasteiger partial charge in [-0.2, -0.15) is 0 Å². The molecule has 0 fully saturated rings. The van der Waals surface area contributed by atoms with E-state index in [1.165, 1.54) is 0 Å². The lowest BCUT2D eigenvalue weighted by molar-refractivity contribution is -0.131. The summed E-state index contributed by atoms with van der Waals surface area (Å²) < 4.78 is 11.7. The summed E-state index contributed by atoms with van der Waals surface area (Å²) in [7, 11) is 0. The van der Waals surface area contributed by atoms with Gasteiger partial charge in [-0.3, -0.25) is 0 Å². The molecule has 0 bridgehead atoms. The molecule has 144 valence electrons. The van der Waals surface area contributed by atoms with Crippen molar-refractivity contribution in [3.8, 4) is 11.5 Å². The second-order valence-corrected chi connectivity index (χ2v) is 6.82. The van der Waals surface area contributed by atoms with Gasteiger partial charge in [-0.1, -0.05) is 41.9 Å². The second-order valence-electron chi connectivity index (χ2n) is 6.44. The molecule has 0 aliphatic heterocycles. The Bertz CT molecular complexity index is 1020. The third kappa shape index (κ3) is 4.65. The number of rotatable bonds is 7. The smallest absolute Gasteiger partial charge is 0.328 e. The van der Waals surface area contributed by atoms with Crippen molar-refractivity contribution in [1.29, 1.82) is 0 Å². The van der Waals surface area contributed by atoms with E-state index in [1.54, 1.807) is 6.08 Å². The van der Waals surface area contributed by atoms with E-state index in [-0.39, 0.29) is 0 Å². The molecule has 4 nitrogen and oxygen atoms in total. The van der Waals surface area contributed by atoms with Crippen LogP contribution in [0.25, 0.3) is 16.8 Å². The van der Waals surface area contributed by atoms with E-state index in [0.29, 0.717) is 19.0 Å². The van der Waals surface area contributed by atoms with Crippen molar-refractivity contribution in [1.82, 2.24) is 0 Å². The summed E-state index contributed by atoms with van der Waals surface area (Å²) >= 11 is 6.18. The highest BCUT2D eigenvalue weighted by Crippen LogP contribution is 2.30. The van der Waals surface area contributed by atoms with Crippen LogP contribution in [0.1, 0.15) is 16.7 Å². The molecule has 0 saturated heterocycles. The summed E-state index contributed by atoms with van der Waals surface area (Å²) in [6, 6.07) is 15.4. The third-order valence-corrected chi connectivity index (χ3v) is 4.94. The molecule has 0 aromatic heterocycles.